The molecule has 0 fully saturated rings. The van der Waals surface area contributed by atoms with E-state index in [1.54, 1.807) is 60.7 Å². The molecular weight excluding hydrogens is 455 g/mol. The second-order valence-corrected chi connectivity index (χ2v) is 7.91. The van der Waals surface area contributed by atoms with Crippen molar-refractivity contribution in [3.8, 4) is 17.6 Å². The summed E-state index contributed by atoms with van der Waals surface area (Å²) in [6.07, 6.45) is 1.49. The number of halogens is 1. The third-order valence-corrected chi connectivity index (χ3v) is 5.19. The maximum absolute atomic E-state index is 13.4. The molecule has 1 N–H and O–H groups in total. The Balaban J connectivity index is 1.36. The van der Waals surface area contributed by atoms with Crippen molar-refractivity contribution in [3.05, 3.63) is 131 Å². The van der Waals surface area contributed by atoms with Crippen molar-refractivity contribution >= 4 is 17.7 Å². The Kier molecular flexibility index (Phi) is 8.08. The minimum Gasteiger partial charge on any atom is -0.489 e. The van der Waals surface area contributed by atoms with Gasteiger partial charge in [-0.3, -0.25) is 4.79 Å². The first-order valence-corrected chi connectivity index (χ1v) is 11.3. The van der Waals surface area contributed by atoms with Crippen LogP contribution in [0.4, 0.5) is 10.1 Å². The Morgan fingerprint density at radius 3 is 2.25 bits per heavy atom. The first kappa shape index (κ1) is 24.2. The second-order valence-electron chi connectivity index (χ2n) is 7.91. The number of benzene rings is 4. The van der Waals surface area contributed by atoms with E-state index in [1.807, 2.05) is 36.4 Å². The number of nitrogens with one attached hydrogen (secondary N) is 1. The van der Waals surface area contributed by atoms with Crippen LogP contribution in [0.25, 0.3) is 6.08 Å². The van der Waals surface area contributed by atoms with E-state index >= 15 is 0 Å². The highest BCUT2D eigenvalue weighted by atomic mass is 19.1. The van der Waals surface area contributed by atoms with Crippen molar-refractivity contribution < 1.29 is 18.7 Å². The molecule has 0 aliphatic heterocycles. The van der Waals surface area contributed by atoms with Crippen LogP contribution >= 0.6 is 0 Å². The predicted molar refractivity (Wildman–Crippen MR) is 137 cm³/mol. The molecular formula is C30H23FN2O3. The smallest absolute Gasteiger partial charge is 0.266 e. The number of carbonyl (C=O) groups excluding carboxylic acids is 1. The van der Waals surface area contributed by atoms with Crippen LogP contribution in [0.15, 0.2) is 109 Å². The zero-order valence-electron chi connectivity index (χ0n) is 19.4. The van der Waals surface area contributed by atoms with Gasteiger partial charge < -0.3 is 14.8 Å². The summed E-state index contributed by atoms with van der Waals surface area (Å²) in [6.45, 7) is 0.639. The zero-order chi connectivity index (χ0) is 25.2. The fraction of sp³-hybridized carbons (Fsp3) is 0.0667. The standard InChI is InChI=1S/C30H23FN2O3/c31-26-10-4-9-24(17-26)21-36-29-11-5-8-23(18-29)16-25(19-32)30(34)33-27-12-14-28(15-13-27)35-20-22-6-2-1-3-7-22/h1-18H,20-21H2,(H,33,34)/b25-16-. The first-order chi connectivity index (χ1) is 17.6. The normalized spacial score (nSPS) is 10.8. The highest BCUT2D eigenvalue weighted by Crippen LogP contribution is 2.20. The summed E-state index contributed by atoms with van der Waals surface area (Å²) in [5, 5.41) is 12.3. The quantitative estimate of drug-likeness (QED) is 0.219. The van der Waals surface area contributed by atoms with Crippen molar-refractivity contribution in [2.75, 3.05) is 5.32 Å². The van der Waals surface area contributed by atoms with E-state index in [2.05, 4.69) is 5.32 Å². The minimum atomic E-state index is -0.526. The van der Waals surface area contributed by atoms with Gasteiger partial charge in [0, 0.05) is 5.69 Å². The summed E-state index contributed by atoms with van der Waals surface area (Å²) in [5.74, 6) is 0.355. The van der Waals surface area contributed by atoms with Gasteiger partial charge in [0.15, 0.2) is 0 Å². The predicted octanol–water partition coefficient (Wildman–Crippen LogP) is 6.53. The van der Waals surface area contributed by atoms with E-state index in [-0.39, 0.29) is 18.0 Å². The number of hydrogen-bond donors (Lipinski definition) is 1. The van der Waals surface area contributed by atoms with Crippen LogP contribution in [-0.4, -0.2) is 5.91 Å². The van der Waals surface area contributed by atoms with E-state index in [4.69, 9.17) is 9.47 Å². The number of nitriles is 1. The first-order valence-electron chi connectivity index (χ1n) is 11.3. The fourth-order valence-corrected chi connectivity index (χ4v) is 3.38. The molecule has 0 saturated carbocycles. The van der Waals surface area contributed by atoms with Gasteiger partial charge in [0.1, 0.15) is 42.2 Å². The number of hydrogen-bond acceptors (Lipinski definition) is 4. The lowest BCUT2D eigenvalue weighted by atomic mass is 10.1. The Hall–Kier alpha value is -4.89. The van der Waals surface area contributed by atoms with Crippen molar-refractivity contribution in [2.24, 2.45) is 0 Å². The lowest BCUT2D eigenvalue weighted by molar-refractivity contribution is -0.112. The molecule has 0 aromatic heterocycles. The monoisotopic (exact) mass is 478 g/mol. The molecule has 0 radical (unpaired) electrons. The lowest BCUT2D eigenvalue weighted by Gasteiger charge is -2.09. The van der Waals surface area contributed by atoms with Crippen LogP contribution in [0.1, 0.15) is 16.7 Å². The third kappa shape index (κ3) is 7.05. The Morgan fingerprint density at radius 2 is 1.50 bits per heavy atom. The molecule has 36 heavy (non-hydrogen) atoms. The van der Waals surface area contributed by atoms with Crippen molar-refractivity contribution in [1.82, 2.24) is 0 Å². The van der Waals surface area contributed by atoms with Crippen molar-refractivity contribution in [3.63, 3.8) is 0 Å². The molecule has 0 saturated heterocycles. The van der Waals surface area contributed by atoms with Crippen LogP contribution in [0.3, 0.4) is 0 Å². The summed E-state index contributed by atoms with van der Waals surface area (Å²) >= 11 is 0. The van der Waals surface area contributed by atoms with Gasteiger partial charge in [0.2, 0.25) is 0 Å². The fourth-order valence-electron chi connectivity index (χ4n) is 3.38. The molecule has 4 aromatic rings. The van der Waals surface area contributed by atoms with E-state index in [1.165, 1.54) is 18.2 Å². The molecule has 0 aliphatic carbocycles. The van der Waals surface area contributed by atoms with E-state index in [0.717, 1.165) is 5.56 Å². The Bertz CT molecular complexity index is 1390. The zero-order valence-corrected chi connectivity index (χ0v) is 19.4. The molecule has 0 unspecified atom stereocenters. The van der Waals surface area contributed by atoms with Crippen molar-refractivity contribution in [2.45, 2.75) is 13.2 Å². The molecule has 0 aliphatic rings. The molecule has 0 atom stereocenters. The number of carbonyl (C=O) groups is 1. The summed E-state index contributed by atoms with van der Waals surface area (Å²) in [4.78, 5) is 12.7. The molecule has 6 heteroatoms. The van der Waals surface area contributed by atoms with E-state index in [9.17, 15) is 14.4 Å². The van der Waals surface area contributed by atoms with Crippen LogP contribution in [-0.2, 0) is 18.0 Å². The highest BCUT2D eigenvalue weighted by Gasteiger charge is 2.10. The summed E-state index contributed by atoms with van der Waals surface area (Å²) < 4.78 is 24.8. The number of anilines is 1. The summed E-state index contributed by atoms with van der Waals surface area (Å²) in [5.41, 5.74) is 2.87. The number of nitrogens with zero attached hydrogens (tertiary/aromatic N) is 1. The second kappa shape index (κ2) is 12.0. The molecule has 0 bridgehead atoms. The van der Waals surface area contributed by atoms with Gasteiger partial charge in [0.05, 0.1) is 0 Å². The molecule has 4 aromatic carbocycles. The molecule has 1 amide bonds. The Labute approximate surface area is 209 Å². The largest absolute Gasteiger partial charge is 0.489 e. The van der Waals surface area contributed by atoms with E-state index in [0.29, 0.717) is 34.9 Å². The Morgan fingerprint density at radius 1 is 0.806 bits per heavy atom. The average molecular weight is 479 g/mol. The number of rotatable bonds is 9. The lowest BCUT2D eigenvalue weighted by Crippen LogP contribution is -2.13. The van der Waals surface area contributed by atoms with Gasteiger partial charge in [-0.2, -0.15) is 5.26 Å². The molecule has 0 spiro atoms. The van der Waals surface area contributed by atoms with Gasteiger partial charge >= 0.3 is 0 Å². The summed E-state index contributed by atoms with van der Waals surface area (Å²) in [7, 11) is 0. The van der Waals surface area contributed by atoms with Crippen LogP contribution in [0, 0.1) is 17.1 Å². The third-order valence-electron chi connectivity index (χ3n) is 5.19. The highest BCUT2D eigenvalue weighted by molar-refractivity contribution is 6.09. The van der Waals surface area contributed by atoms with Gasteiger partial charge in [-0.05, 0) is 71.3 Å². The number of ether oxygens (including phenoxy) is 2. The van der Waals surface area contributed by atoms with Gasteiger partial charge in [-0.1, -0.05) is 54.6 Å². The maximum Gasteiger partial charge on any atom is 0.266 e. The van der Waals surface area contributed by atoms with E-state index < -0.39 is 5.91 Å². The SMILES string of the molecule is N#C/C(=C/c1cccc(OCc2cccc(F)c2)c1)C(=O)Nc1ccc(OCc2ccccc2)cc1. The van der Waals surface area contributed by atoms with Gasteiger partial charge in [0.25, 0.3) is 5.91 Å². The van der Waals surface area contributed by atoms with Crippen LogP contribution in [0.5, 0.6) is 11.5 Å². The van der Waals surface area contributed by atoms with Crippen LogP contribution < -0.4 is 14.8 Å². The molecule has 0 heterocycles. The average Bonchev–Trinajstić information content (AvgIpc) is 2.91. The maximum atomic E-state index is 13.4. The molecule has 178 valence electrons. The van der Waals surface area contributed by atoms with Crippen LogP contribution in [0.2, 0.25) is 0 Å². The topological polar surface area (TPSA) is 71.3 Å². The minimum absolute atomic E-state index is 0.0540. The van der Waals surface area contributed by atoms with Gasteiger partial charge in [-0.25, -0.2) is 4.39 Å². The summed E-state index contributed by atoms with van der Waals surface area (Å²) in [6, 6.07) is 31.9. The van der Waals surface area contributed by atoms with Gasteiger partial charge in [-0.15, -0.1) is 0 Å². The number of amides is 1. The van der Waals surface area contributed by atoms with Crippen molar-refractivity contribution in [1.29, 1.82) is 5.26 Å². The molecule has 5 nitrogen and oxygen atoms in total. The molecule has 4 rings (SSSR count).